The minimum Gasteiger partial charge on any atom is -0.496 e. The predicted molar refractivity (Wildman–Crippen MR) is 159 cm³/mol. The largest absolute Gasteiger partial charge is 0.496 e. The van der Waals surface area contributed by atoms with Crippen LogP contribution in [0.3, 0.4) is 0 Å². The first-order valence-electron chi connectivity index (χ1n) is 13.5. The molecule has 0 saturated heterocycles. The van der Waals surface area contributed by atoms with Crippen LogP contribution in [0.1, 0.15) is 20.7 Å². The first-order valence-corrected chi connectivity index (χ1v) is 13.5. The fourth-order valence-electron chi connectivity index (χ4n) is 7.61. The van der Waals surface area contributed by atoms with Gasteiger partial charge in [0.05, 0.1) is 26.1 Å². The molecule has 0 heterocycles. The number of fused-ring (bicyclic) bond motifs is 4. The highest BCUT2D eigenvalue weighted by atomic mass is 16.5. The minimum atomic E-state index is -0.299. The molecule has 0 amide bonds. The molecule has 4 aliphatic carbocycles. The summed E-state index contributed by atoms with van der Waals surface area (Å²) in [6, 6.07) is 12.2. The van der Waals surface area contributed by atoms with Crippen LogP contribution in [-0.4, -0.2) is 25.8 Å². The van der Waals surface area contributed by atoms with Gasteiger partial charge in [-0.1, -0.05) is 72.9 Å². The second-order valence-corrected chi connectivity index (χ2v) is 10.9. The molecule has 0 saturated carbocycles. The number of hydrogen-bond acceptors (Lipinski definition) is 4. The molecule has 0 N–H and O–H groups in total. The zero-order chi connectivity index (χ0) is 26.9. The van der Waals surface area contributed by atoms with Gasteiger partial charge >= 0.3 is 0 Å². The first kappa shape index (κ1) is 21.9. The van der Waals surface area contributed by atoms with Gasteiger partial charge in [0.2, 0.25) is 0 Å². The summed E-state index contributed by atoms with van der Waals surface area (Å²) in [6.45, 7) is 0. The lowest BCUT2D eigenvalue weighted by atomic mass is 9.75. The molecule has 0 bridgehead atoms. The van der Waals surface area contributed by atoms with Gasteiger partial charge in [-0.2, -0.15) is 0 Å². The Labute approximate surface area is 228 Å². The van der Waals surface area contributed by atoms with Crippen molar-refractivity contribution in [2.24, 2.45) is 11.8 Å². The molecule has 0 aromatic heterocycles. The van der Waals surface area contributed by atoms with Crippen molar-refractivity contribution >= 4 is 65.8 Å². The molecule has 2 unspecified atom stereocenters. The Morgan fingerprint density at radius 2 is 1.00 bits per heavy atom. The lowest BCUT2D eigenvalue weighted by Crippen LogP contribution is -2.28. The maximum atomic E-state index is 13.8. The Kier molecular flexibility index (Phi) is 4.03. The number of ether oxygens (including phenoxy) is 2. The molecule has 9 rings (SSSR count). The number of Topliss-reactive ketones (excluding diaryl/α,β-unsaturated/α-hetero) is 2. The van der Waals surface area contributed by atoms with Crippen molar-refractivity contribution < 1.29 is 19.1 Å². The topological polar surface area (TPSA) is 52.6 Å². The highest BCUT2D eigenvalue weighted by molar-refractivity contribution is 6.39. The lowest BCUT2D eigenvalue weighted by Gasteiger charge is -2.28. The highest BCUT2D eigenvalue weighted by Crippen LogP contribution is 2.49. The van der Waals surface area contributed by atoms with Gasteiger partial charge in [-0.05, 0) is 44.5 Å². The average Bonchev–Trinajstić information content (AvgIpc) is 3.01. The second kappa shape index (κ2) is 7.36. The van der Waals surface area contributed by atoms with Crippen molar-refractivity contribution in [2.45, 2.75) is 0 Å². The van der Waals surface area contributed by atoms with Crippen LogP contribution >= 0.6 is 0 Å². The van der Waals surface area contributed by atoms with Gasteiger partial charge in [0.15, 0.2) is 11.6 Å². The third kappa shape index (κ3) is 2.39. The average molecular weight is 519 g/mol. The molecule has 4 heteroatoms. The van der Waals surface area contributed by atoms with Gasteiger partial charge in [0.25, 0.3) is 0 Å². The van der Waals surface area contributed by atoms with Gasteiger partial charge in [-0.3, -0.25) is 9.59 Å². The van der Waals surface area contributed by atoms with E-state index in [0.29, 0.717) is 0 Å². The summed E-state index contributed by atoms with van der Waals surface area (Å²) in [4.78, 5) is 27.5. The molecule has 5 aromatic carbocycles. The van der Waals surface area contributed by atoms with Crippen LogP contribution in [0.25, 0.3) is 54.2 Å². The van der Waals surface area contributed by atoms with Crippen LogP contribution in [0.2, 0.25) is 0 Å². The summed E-state index contributed by atoms with van der Waals surface area (Å²) in [5.41, 5.74) is 3.45. The molecular formula is C36H22O4. The second-order valence-electron chi connectivity index (χ2n) is 10.9. The summed E-state index contributed by atoms with van der Waals surface area (Å²) in [6.07, 6.45) is 15.9. The molecule has 0 radical (unpaired) electrons. The summed E-state index contributed by atoms with van der Waals surface area (Å²) >= 11 is 0. The van der Waals surface area contributed by atoms with E-state index in [1.807, 2.05) is 60.7 Å². The van der Waals surface area contributed by atoms with Crippen molar-refractivity contribution in [3.05, 3.63) is 107 Å². The molecule has 0 spiro atoms. The maximum absolute atomic E-state index is 13.8. The van der Waals surface area contributed by atoms with E-state index >= 15 is 0 Å². The molecule has 4 nitrogen and oxygen atoms in total. The zero-order valence-electron chi connectivity index (χ0n) is 21.9. The molecule has 4 aliphatic rings. The van der Waals surface area contributed by atoms with E-state index in [9.17, 15) is 9.59 Å². The molecule has 2 atom stereocenters. The third-order valence-electron chi connectivity index (χ3n) is 9.24. The Hall–Kier alpha value is -4.96. The van der Waals surface area contributed by atoms with Crippen LogP contribution in [-0.2, 0) is 0 Å². The van der Waals surface area contributed by atoms with Crippen molar-refractivity contribution in [1.29, 1.82) is 0 Å². The Balaban J connectivity index is 1.62. The van der Waals surface area contributed by atoms with Crippen LogP contribution in [0.4, 0.5) is 0 Å². The van der Waals surface area contributed by atoms with Crippen LogP contribution in [0.15, 0.2) is 85.0 Å². The van der Waals surface area contributed by atoms with Crippen molar-refractivity contribution in [2.75, 3.05) is 14.2 Å². The fourth-order valence-corrected chi connectivity index (χ4v) is 7.61. The van der Waals surface area contributed by atoms with Gasteiger partial charge < -0.3 is 9.47 Å². The lowest BCUT2D eigenvalue weighted by molar-refractivity contribution is 0.0961. The standard InChI is InChI=1S/C36H22O4/c1-39-27-15-25-17-7-3-5-9-21(17)35(37)23-13-11-19-20-12-14-24-30-26(18-8-4-6-10-22(18)36(24)38)16-28(40-2)34(32(20)30)33(27)31(19)29(23)25/h3-16,21-22H,1-2H3. The molecule has 190 valence electrons. The predicted octanol–water partition coefficient (Wildman–Crippen LogP) is 5.93. The minimum absolute atomic E-state index is 0.110. The number of rotatable bonds is 2. The number of benzene rings is 5. The van der Waals surface area contributed by atoms with Crippen LogP contribution < -0.4 is 19.9 Å². The van der Waals surface area contributed by atoms with E-state index in [0.717, 1.165) is 87.3 Å². The molecular weight excluding hydrogens is 496 g/mol. The van der Waals surface area contributed by atoms with E-state index < -0.39 is 0 Å². The Morgan fingerprint density at radius 3 is 1.43 bits per heavy atom. The van der Waals surface area contributed by atoms with Gasteiger partial charge in [0.1, 0.15) is 11.5 Å². The summed E-state index contributed by atoms with van der Waals surface area (Å²) < 4.78 is 12.2. The van der Waals surface area contributed by atoms with Crippen LogP contribution in [0.5, 0.6) is 11.5 Å². The maximum Gasteiger partial charge on any atom is 0.174 e. The monoisotopic (exact) mass is 518 g/mol. The zero-order valence-corrected chi connectivity index (χ0v) is 21.9. The van der Waals surface area contributed by atoms with Crippen molar-refractivity contribution in [3.63, 3.8) is 0 Å². The van der Waals surface area contributed by atoms with Crippen molar-refractivity contribution in [3.8, 4) is 11.5 Å². The summed E-state index contributed by atoms with van der Waals surface area (Å²) in [7, 11) is 3.38. The molecule has 5 aromatic rings. The fraction of sp³-hybridized carbons (Fsp3) is 0.111. The first-order chi connectivity index (χ1) is 19.6. The van der Waals surface area contributed by atoms with Gasteiger partial charge in [-0.25, -0.2) is 0 Å². The Bertz CT molecular complexity index is 2160. The van der Waals surface area contributed by atoms with E-state index in [2.05, 4.69) is 24.3 Å². The van der Waals surface area contributed by atoms with Crippen LogP contribution in [0, 0.1) is 11.8 Å². The SMILES string of the molecule is COc1cc2c3c(ccc4c5ccc6c7c(cc(OC)c(c1c34)c75)=C1C=CC=CC1C6=O)C(=O)C1C=CC=CC=21. The quantitative estimate of drug-likeness (QED) is 0.215. The number of hydrogen-bond donors (Lipinski definition) is 0. The number of methoxy groups -OCH3 is 2. The summed E-state index contributed by atoms with van der Waals surface area (Å²) in [5, 5.41) is 9.84. The smallest absolute Gasteiger partial charge is 0.174 e. The third-order valence-corrected chi connectivity index (χ3v) is 9.24. The van der Waals surface area contributed by atoms with Gasteiger partial charge in [-0.15, -0.1) is 0 Å². The number of carbonyl (C=O) groups is 2. The van der Waals surface area contributed by atoms with E-state index in [1.54, 1.807) is 14.2 Å². The highest BCUT2D eigenvalue weighted by Gasteiger charge is 2.34. The summed E-state index contributed by atoms with van der Waals surface area (Å²) in [5.74, 6) is 1.07. The molecule has 0 aliphatic heterocycles. The number of ketones is 2. The molecule has 0 fully saturated rings. The molecule has 40 heavy (non-hydrogen) atoms. The van der Waals surface area contributed by atoms with E-state index in [-0.39, 0.29) is 23.4 Å². The van der Waals surface area contributed by atoms with E-state index in [4.69, 9.17) is 9.47 Å². The Morgan fingerprint density at radius 1 is 0.550 bits per heavy atom. The van der Waals surface area contributed by atoms with Gasteiger partial charge in [0, 0.05) is 43.4 Å². The number of carbonyl (C=O) groups excluding carboxylic acids is 2. The van der Waals surface area contributed by atoms with Crippen molar-refractivity contribution in [1.82, 2.24) is 0 Å². The normalized spacial score (nSPS) is 20.4. The van der Waals surface area contributed by atoms with E-state index in [1.165, 1.54) is 0 Å². The number of allylic oxidation sites excluding steroid dienone is 8.